The first-order chi connectivity index (χ1) is 10.1. The van der Waals surface area contributed by atoms with Gasteiger partial charge in [-0.05, 0) is 12.1 Å². The summed E-state index contributed by atoms with van der Waals surface area (Å²) in [6.07, 6.45) is 4.23. The summed E-state index contributed by atoms with van der Waals surface area (Å²) < 4.78 is 1.45. The van der Waals surface area contributed by atoms with Crippen molar-refractivity contribution in [3.05, 3.63) is 36.5 Å². The van der Waals surface area contributed by atoms with Gasteiger partial charge in [-0.15, -0.1) is 0 Å². The summed E-state index contributed by atoms with van der Waals surface area (Å²) in [5, 5.41) is 6.06. The zero-order chi connectivity index (χ0) is 14.8. The highest BCUT2D eigenvalue weighted by atomic mass is 16.2. The Bertz CT molecular complexity index is 678. The van der Waals surface area contributed by atoms with Crippen molar-refractivity contribution >= 4 is 17.7 Å². The quantitative estimate of drug-likeness (QED) is 0.691. The van der Waals surface area contributed by atoms with E-state index in [0.29, 0.717) is 11.4 Å². The van der Waals surface area contributed by atoms with E-state index in [-0.39, 0.29) is 13.1 Å². The van der Waals surface area contributed by atoms with Crippen LogP contribution in [-0.2, 0) is 9.59 Å². The van der Waals surface area contributed by atoms with E-state index >= 15 is 0 Å². The zero-order valence-electron chi connectivity index (χ0n) is 10.8. The van der Waals surface area contributed by atoms with Crippen molar-refractivity contribution in [3.8, 4) is 5.82 Å². The summed E-state index contributed by atoms with van der Waals surface area (Å²) >= 11 is 0. The molecule has 2 aromatic heterocycles. The second-order valence-electron chi connectivity index (χ2n) is 4.38. The predicted octanol–water partition coefficient (Wildman–Crippen LogP) is -1.24. The van der Waals surface area contributed by atoms with Crippen molar-refractivity contribution in [2.45, 2.75) is 0 Å². The Kier molecular flexibility index (Phi) is 3.14. The lowest BCUT2D eigenvalue weighted by molar-refractivity contribution is -0.135. The van der Waals surface area contributed by atoms with Gasteiger partial charge in [0, 0.05) is 6.20 Å². The minimum atomic E-state index is -0.494. The second kappa shape index (κ2) is 5.12. The molecule has 1 N–H and O–H groups in total. The van der Waals surface area contributed by atoms with Crippen LogP contribution in [0.3, 0.4) is 0 Å². The number of hydrogen-bond acceptors (Lipinski definition) is 6. The molecule has 0 unspecified atom stereocenters. The largest absolute Gasteiger partial charge is 0.320 e. The van der Waals surface area contributed by atoms with Crippen LogP contribution in [0.1, 0.15) is 10.4 Å². The summed E-state index contributed by atoms with van der Waals surface area (Å²) in [6, 6.07) is 3.16. The molecule has 106 valence electrons. The summed E-state index contributed by atoms with van der Waals surface area (Å²) in [5.74, 6) is -0.897. The number of aromatic nitrogens is 4. The highest BCUT2D eigenvalue weighted by molar-refractivity contribution is 6.05. The molecule has 0 aliphatic carbocycles. The number of nitrogens with one attached hydrogen (secondary N) is 1. The van der Waals surface area contributed by atoms with E-state index in [2.05, 4.69) is 20.4 Å². The van der Waals surface area contributed by atoms with Gasteiger partial charge in [0.1, 0.15) is 25.7 Å². The van der Waals surface area contributed by atoms with E-state index in [4.69, 9.17) is 0 Å². The highest BCUT2D eigenvalue weighted by Gasteiger charge is 2.27. The molecule has 1 aliphatic rings. The zero-order valence-corrected chi connectivity index (χ0v) is 10.8. The summed E-state index contributed by atoms with van der Waals surface area (Å²) in [7, 11) is 0. The Hall–Kier alpha value is -3.10. The minimum Gasteiger partial charge on any atom is -0.320 e. The fourth-order valence-corrected chi connectivity index (χ4v) is 1.94. The monoisotopic (exact) mass is 286 g/mol. The Balaban J connectivity index is 1.79. The van der Waals surface area contributed by atoms with Gasteiger partial charge in [-0.1, -0.05) is 0 Å². The van der Waals surface area contributed by atoms with Crippen LogP contribution in [0.2, 0.25) is 0 Å². The number of hydrogen-bond donors (Lipinski definition) is 1. The Morgan fingerprint density at radius 2 is 1.95 bits per heavy atom. The molecule has 0 bridgehead atoms. The predicted molar refractivity (Wildman–Crippen MR) is 68.2 cm³/mol. The standard InChI is InChI=1S/C12H10N6O3/c19-10-4-17(5-11(20)16-10)12(21)8-1-2-9(14-3-8)18-7-13-6-15-18/h1-3,6-7H,4-5H2,(H,16,19,20). The average Bonchev–Trinajstić information content (AvgIpc) is 3.00. The van der Waals surface area contributed by atoms with E-state index in [9.17, 15) is 14.4 Å². The van der Waals surface area contributed by atoms with E-state index in [1.165, 1.54) is 28.4 Å². The smallest absolute Gasteiger partial charge is 0.256 e. The van der Waals surface area contributed by atoms with Gasteiger partial charge in [-0.2, -0.15) is 5.10 Å². The van der Waals surface area contributed by atoms with Crippen LogP contribution in [-0.4, -0.2) is 55.5 Å². The van der Waals surface area contributed by atoms with Crippen LogP contribution in [0.4, 0.5) is 0 Å². The number of carbonyl (C=O) groups excluding carboxylic acids is 3. The number of rotatable bonds is 2. The van der Waals surface area contributed by atoms with Crippen molar-refractivity contribution in [2.75, 3.05) is 13.1 Å². The van der Waals surface area contributed by atoms with Gasteiger partial charge in [0.25, 0.3) is 5.91 Å². The van der Waals surface area contributed by atoms with Crippen LogP contribution in [0.25, 0.3) is 5.82 Å². The third-order valence-electron chi connectivity index (χ3n) is 2.88. The maximum atomic E-state index is 12.2. The van der Waals surface area contributed by atoms with Gasteiger partial charge in [0.2, 0.25) is 11.8 Å². The lowest BCUT2D eigenvalue weighted by atomic mass is 10.2. The normalized spacial score (nSPS) is 15.0. The molecule has 0 spiro atoms. The molecule has 9 nitrogen and oxygen atoms in total. The van der Waals surface area contributed by atoms with Crippen molar-refractivity contribution < 1.29 is 14.4 Å². The van der Waals surface area contributed by atoms with E-state index < -0.39 is 17.7 Å². The van der Waals surface area contributed by atoms with Crippen LogP contribution < -0.4 is 5.32 Å². The molecule has 3 heterocycles. The first kappa shape index (κ1) is 12.9. The van der Waals surface area contributed by atoms with E-state index in [0.717, 1.165) is 0 Å². The lowest BCUT2D eigenvalue weighted by Gasteiger charge is -2.25. The van der Waals surface area contributed by atoms with Crippen molar-refractivity contribution in [1.82, 2.24) is 30.0 Å². The summed E-state index contributed by atoms with van der Waals surface area (Å²) in [4.78, 5) is 43.8. The number of nitrogens with zero attached hydrogens (tertiary/aromatic N) is 5. The molecule has 3 rings (SSSR count). The first-order valence-corrected chi connectivity index (χ1v) is 6.06. The third-order valence-corrected chi connectivity index (χ3v) is 2.88. The molecule has 9 heteroatoms. The van der Waals surface area contributed by atoms with Crippen LogP contribution in [0.5, 0.6) is 0 Å². The van der Waals surface area contributed by atoms with Crippen LogP contribution in [0, 0.1) is 0 Å². The van der Waals surface area contributed by atoms with Crippen LogP contribution >= 0.6 is 0 Å². The van der Waals surface area contributed by atoms with Gasteiger partial charge in [0.05, 0.1) is 5.56 Å². The first-order valence-electron chi connectivity index (χ1n) is 6.06. The fraction of sp³-hybridized carbons (Fsp3) is 0.167. The molecule has 2 aromatic rings. The summed E-state index contributed by atoms with van der Waals surface area (Å²) in [5.41, 5.74) is 0.293. The second-order valence-corrected chi connectivity index (χ2v) is 4.38. The molecule has 1 fully saturated rings. The minimum absolute atomic E-state index is 0.143. The molecule has 0 aromatic carbocycles. The van der Waals surface area contributed by atoms with E-state index in [1.807, 2.05) is 0 Å². The topological polar surface area (TPSA) is 110 Å². The van der Waals surface area contributed by atoms with Gasteiger partial charge in [0.15, 0.2) is 5.82 Å². The Morgan fingerprint density at radius 1 is 1.19 bits per heavy atom. The molecule has 0 atom stereocenters. The van der Waals surface area contributed by atoms with Crippen molar-refractivity contribution in [2.24, 2.45) is 0 Å². The van der Waals surface area contributed by atoms with E-state index in [1.54, 1.807) is 12.1 Å². The molecule has 1 aliphatic heterocycles. The van der Waals surface area contributed by atoms with Gasteiger partial charge >= 0.3 is 0 Å². The molecular formula is C12H10N6O3. The average molecular weight is 286 g/mol. The molecule has 3 amide bonds. The number of imide groups is 1. The van der Waals surface area contributed by atoms with Gasteiger partial charge in [-0.25, -0.2) is 14.6 Å². The Morgan fingerprint density at radius 3 is 2.52 bits per heavy atom. The maximum Gasteiger partial charge on any atom is 0.256 e. The molecule has 1 saturated heterocycles. The molecule has 0 radical (unpaired) electrons. The SMILES string of the molecule is O=C1CN(C(=O)c2ccc(-n3cncn3)nc2)CC(=O)N1. The molecule has 0 saturated carbocycles. The van der Waals surface area contributed by atoms with Gasteiger partial charge in [-0.3, -0.25) is 19.7 Å². The van der Waals surface area contributed by atoms with Crippen molar-refractivity contribution in [3.63, 3.8) is 0 Å². The molecule has 21 heavy (non-hydrogen) atoms. The van der Waals surface area contributed by atoms with Crippen molar-refractivity contribution in [1.29, 1.82) is 0 Å². The highest BCUT2D eigenvalue weighted by Crippen LogP contribution is 2.08. The Labute approximate surface area is 118 Å². The summed E-state index contributed by atoms with van der Waals surface area (Å²) in [6.45, 7) is -0.287. The fourth-order valence-electron chi connectivity index (χ4n) is 1.94. The lowest BCUT2D eigenvalue weighted by Crippen LogP contribution is -2.53. The van der Waals surface area contributed by atoms with Gasteiger partial charge < -0.3 is 4.90 Å². The van der Waals surface area contributed by atoms with Crippen LogP contribution in [0.15, 0.2) is 31.0 Å². The number of piperazine rings is 1. The number of carbonyl (C=O) groups is 3. The maximum absolute atomic E-state index is 12.2. The third kappa shape index (κ3) is 2.61. The molecular weight excluding hydrogens is 276 g/mol. The number of amides is 3. The number of pyridine rings is 1.